The van der Waals surface area contributed by atoms with E-state index in [4.69, 9.17) is 0 Å². The molecule has 0 radical (unpaired) electrons. The predicted octanol–water partition coefficient (Wildman–Crippen LogP) is 1.83. The predicted molar refractivity (Wildman–Crippen MR) is 54.1 cm³/mol. The van der Waals surface area contributed by atoms with Crippen LogP contribution in [0.4, 0.5) is 5.95 Å². The zero-order valence-electron chi connectivity index (χ0n) is 7.53. The van der Waals surface area contributed by atoms with Gasteiger partial charge in [-0.2, -0.15) is 0 Å². The summed E-state index contributed by atoms with van der Waals surface area (Å²) in [7, 11) is 0. The Bertz CT molecular complexity index is 423. The van der Waals surface area contributed by atoms with Crippen molar-refractivity contribution in [2.75, 3.05) is 11.9 Å². The van der Waals surface area contributed by atoms with Gasteiger partial charge in [0.2, 0.25) is 5.95 Å². The molecule has 0 fully saturated rings. The molecule has 0 bridgehead atoms. The van der Waals surface area contributed by atoms with Crippen LogP contribution in [-0.2, 0) is 0 Å². The molecule has 0 atom stereocenters. The molecule has 0 aliphatic rings. The quantitative estimate of drug-likeness (QED) is 0.792. The number of nitrogens with zero attached hydrogens (tertiary/aromatic N) is 3. The Hall–Kier alpha value is -1.23. The number of thiazole rings is 1. The maximum atomic E-state index is 4.32. The minimum Gasteiger partial charge on any atom is -0.354 e. The first-order valence-electron chi connectivity index (χ1n) is 4.13. The fraction of sp³-hybridized carbons (Fsp3) is 0.375. The lowest BCUT2D eigenvalue weighted by atomic mass is 10.6. The van der Waals surface area contributed by atoms with Gasteiger partial charge in [-0.25, -0.2) is 15.0 Å². The van der Waals surface area contributed by atoms with E-state index < -0.39 is 0 Å². The summed E-state index contributed by atoms with van der Waals surface area (Å²) in [5.41, 5.74) is 0.879. The maximum absolute atomic E-state index is 4.32. The molecule has 2 heterocycles. The molecule has 2 aromatic rings. The van der Waals surface area contributed by atoms with Crippen molar-refractivity contribution in [3.63, 3.8) is 0 Å². The van der Waals surface area contributed by atoms with Gasteiger partial charge in [0.15, 0.2) is 0 Å². The van der Waals surface area contributed by atoms with Crippen LogP contribution in [0.1, 0.15) is 11.9 Å². The smallest absolute Gasteiger partial charge is 0.224 e. The van der Waals surface area contributed by atoms with Gasteiger partial charge in [-0.15, -0.1) is 0 Å². The molecule has 1 N–H and O–H groups in total. The highest BCUT2D eigenvalue weighted by Gasteiger charge is 2.02. The van der Waals surface area contributed by atoms with E-state index >= 15 is 0 Å². The van der Waals surface area contributed by atoms with E-state index in [2.05, 4.69) is 20.3 Å². The van der Waals surface area contributed by atoms with Crippen molar-refractivity contribution in [1.29, 1.82) is 0 Å². The van der Waals surface area contributed by atoms with Gasteiger partial charge in [-0.05, 0) is 13.8 Å². The first-order chi connectivity index (χ1) is 6.29. The second-order valence-electron chi connectivity index (χ2n) is 2.65. The van der Waals surface area contributed by atoms with E-state index in [-0.39, 0.29) is 0 Å². The van der Waals surface area contributed by atoms with Gasteiger partial charge < -0.3 is 5.32 Å². The second kappa shape index (κ2) is 3.26. The number of fused-ring (bicyclic) bond motifs is 1. The van der Waals surface area contributed by atoms with Gasteiger partial charge in [0.1, 0.15) is 10.3 Å². The third kappa shape index (κ3) is 1.60. The number of aryl methyl sites for hydroxylation is 1. The van der Waals surface area contributed by atoms with Crippen LogP contribution in [0, 0.1) is 6.92 Å². The molecule has 0 saturated heterocycles. The normalized spacial score (nSPS) is 10.6. The number of nitrogens with one attached hydrogen (secondary N) is 1. The molecular weight excluding hydrogens is 184 g/mol. The van der Waals surface area contributed by atoms with E-state index in [1.54, 1.807) is 17.5 Å². The summed E-state index contributed by atoms with van der Waals surface area (Å²) in [5, 5.41) is 4.09. The van der Waals surface area contributed by atoms with E-state index in [1.165, 1.54) is 0 Å². The van der Waals surface area contributed by atoms with E-state index in [0.717, 1.165) is 21.9 Å². The van der Waals surface area contributed by atoms with Crippen LogP contribution in [0.5, 0.6) is 0 Å². The zero-order chi connectivity index (χ0) is 9.26. The Labute approximate surface area is 80.1 Å². The molecule has 0 aliphatic heterocycles. The van der Waals surface area contributed by atoms with Crippen molar-refractivity contribution >= 4 is 27.6 Å². The standard InChI is InChI=1S/C8H10N4S/c1-3-9-8-10-4-6-7(12-8)13-5(2)11-6/h4H,3H2,1-2H3,(H,9,10,12). The average molecular weight is 194 g/mol. The number of hydrogen-bond acceptors (Lipinski definition) is 5. The lowest BCUT2D eigenvalue weighted by Gasteiger charge is -1.98. The van der Waals surface area contributed by atoms with Crippen molar-refractivity contribution in [1.82, 2.24) is 15.0 Å². The molecule has 2 rings (SSSR count). The number of aromatic nitrogens is 3. The average Bonchev–Trinajstić information content (AvgIpc) is 2.44. The molecule has 0 aromatic carbocycles. The molecule has 5 heteroatoms. The molecule has 0 saturated carbocycles. The third-order valence-corrected chi connectivity index (χ3v) is 2.47. The first kappa shape index (κ1) is 8.37. The number of anilines is 1. The van der Waals surface area contributed by atoms with Crippen molar-refractivity contribution in [2.45, 2.75) is 13.8 Å². The first-order valence-corrected chi connectivity index (χ1v) is 4.95. The molecule has 4 nitrogen and oxygen atoms in total. The molecule has 68 valence electrons. The van der Waals surface area contributed by atoms with Crippen LogP contribution in [0.15, 0.2) is 6.20 Å². The monoisotopic (exact) mass is 194 g/mol. The minimum absolute atomic E-state index is 0.679. The third-order valence-electron chi connectivity index (χ3n) is 1.59. The Morgan fingerprint density at radius 3 is 3.08 bits per heavy atom. The largest absolute Gasteiger partial charge is 0.354 e. The second-order valence-corrected chi connectivity index (χ2v) is 3.83. The zero-order valence-corrected chi connectivity index (χ0v) is 8.35. The van der Waals surface area contributed by atoms with Crippen LogP contribution in [-0.4, -0.2) is 21.5 Å². The summed E-state index contributed by atoms with van der Waals surface area (Å²) in [5.74, 6) is 0.679. The van der Waals surface area contributed by atoms with Gasteiger partial charge >= 0.3 is 0 Å². The van der Waals surface area contributed by atoms with E-state index in [1.807, 2.05) is 13.8 Å². The van der Waals surface area contributed by atoms with Gasteiger partial charge in [0.25, 0.3) is 0 Å². The Balaban J connectivity index is 2.48. The van der Waals surface area contributed by atoms with Gasteiger partial charge in [-0.3, -0.25) is 0 Å². The fourth-order valence-electron chi connectivity index (χ4n) is 1.09. The highest BCUT2D eigenvalue weighted by atomic mass is 32.1. The summed E-state index contributed by atoms with van der Waals surface area (Å²) in [6, 6.07) is 0. The van der Waals surface area contributed by atoms with Crippen LogP contribution >= 0.6 is 11.3 Å². The summed E-state index contributed by atoms with van der Waals surface area (Å²) < 4.78 is 0. The maximum Gasteiger partial charge on any atom is 0.224 e. The molecule has 0 unspecified atom stereocenters. The summed E-state index contributed by atoms with van der Waals surface area (Å²) in [4.78, 5) is 13.7. The van der Waals surface area contributed by atoms with Crippen molar-refractivity contribution in [3.05, 3.63) is 11.2 Å². The van der Waals surface area contributed by atoms with Crippen LogP contribution < -0.4 is 5.32 Å². The van der Waals surface area contributed by atoms with E-state index in [0.29, 0.717) is 5.95 Å². The highest BCUT2D eigenvalue weighted by Crippen LogP contribution is 2.19. The Kier molecular flexibility index (Phi) is 2.10. The van der Waals surface area contributed by atoms with Gasteiger partial charge in [0.05, 0.1) is 11.2 Å². The van der Waals surface area contributed by atoms with Crippen molar-refractivity contribution < 1.29 is 0 Å². The summed E-state index contributed by atoms with van der Waals surface area (Å²) in [6.07, 6.45) is 1.75. The van der Waals surface area contributed by atoms with Crippen LogP contribution in [0.3, 0.4) is 0 Å². The van der Waals surface area contributed by atoms with Crippen molar-refractivity contribution in [2.24, 2.45) is 0 Å². The molecule has 0 aliphatic carbocycles. The molecule has 2 aromatic heterocycles. The number of rotatable bonds is 2. The summed E-state index contributed by atoms with van der Waals surface area (Å²) in [6.45, 7) is 4.83. The van der Waals surface area contributed by atoms with Crippen LogP contribution in [0.2, 0.25) is 0 Å². The highest BCUT2D eigenvalue weighted by molar-refractivity contribution is 7.18. The SMILES string of the molecule is CCNc1ncc2nc(C)sc2n1. The molecule has 0 spiro atoms. The lowest BCUT2D eigenvalue weighted by Crippen LogP contribution is -2.00. The minimum atomic E-state index is 0.679. The fourth-order valence-corrected chi connectivity index (χ4v) is 1.85. The molecule has 13 heavy (non-hydrogen) atoms. The van der Waals surface area contributed by atoms with Gasteiger partial charge in [0, 0.05) is 6.54 Å². The Morgan fingerprint density at radius 1 is 1.46 bits per heavy atom. The molecule has 0 amide bonds. The summed E-state index contributed by atoms with van der Waals surface area (Å²) >= 11 is 1.59. The van der Waals surface area contributed by atoms with Crippen molar-refractivity contribution in [3.8, 4) is 0 Å². The van der Waals surface area contributed by atoms with Gasteiger partial charge in [-0.1, -0.05) is 11.3 Å². The van der Waals surface area contributed by atoms with Crippen LogP contribution in [0.25, 0.3) is 10.3 Å². The number of hydrogen-bond donors (Lipinski definition) is 1. The molecular formula is C8H10N4S. The Morgan fingerprint density at radius 2 is 2.31 bits per heavy atom. The topological polar surface area (TPSA) is 50.7 Å². The van der Waals surface area contributed by atoms with E-state index in [9.17, 15) is 0 Å². The lowest BCUT2D eigenvalue weighted by molar-refractivity contribution is 1.11.